The molecule has 108 valence electrons. The SMILES string of the molecule is CC(N)C(c1ccccc1F)N(C)CCC(F)(F)F. The van der Waals surface area contributed by atoms with Crippen molar-refractivity contribution in [3.63, 3.8) is 0 Å². The summed E-state index contributed by atoms with van der Waals surface area (Å²) >= 11 is 0. The Bertz CT molecular complexity index is 404. The normalized spacial score (nSPS) is 15.6. The van der Waals surface area contributed by atoms with Gasteiger partial charge < -0.3 is 5.73 Å². The zero-order valence-corrected chi connectivity index (χ0v) is 10.9. The van der Waals surface area contributed by atoms with Gasteiger partial charge in [-0.1, -0.05) is 18.2 Å². The van der Waals surface area contributed by atoms with Gasteiger partial charge in [-0.15, -0.1) is 0 Å². The lowest BCUT2D eigenvalue weighted by molar-refractivity contribution is -0.138. The number of alkyl halides is 3. The average Bonchev–Trinajstić information content (AvgIpc) is 2.28. The van der Waals surface area contributed by atoms with Gasteiger partial charge in [0.25, 0.3) is 0 Å². The molecular weight excluding hydrogens is 260 g/mol. The van der Waals surface area contributed by atoms with E-state index in [2.05, 4.69) is 0 Å². The molecule has 1 aromatic carbocycles. The Morgan fingerprint density at radius 3 is 2.32 bits per heavy atom. The molecule has 2 unspecified atom stereocenters. The first-order valence-electron chi connectivity index (χ1n) is 5.99. The smallest absolute Gasteiger partial charge is 0.326 e. The molecule has 0 radical (unpaired) electrons. The van der Waals surface area contributed by atoms with Crippen LogP contribution in [0.3, 0.4) is 0 Å². The molecule has 19 heavy (non-hydrogen) atoms. The van der Waals surface area contributed by atoms with Gasteiger partial charge in [-0.2, -0.15) is 13.2 Å². The molecule has 1 aromatic rings. The van der Waals surface area contributed by atoms with E-state index in [-0.39, 0.29) is 6.54 Å². The Morgan fingerprint density at radius 1 is 1.26 bits per heavy atom. The molecule has 0 aliphatic rings. The predicted octanol–water partition coefficient (Wildman–Crippen LogP) is 3.10. The van der Waals surface area contributed by atoms with Gasteiger partial charge in [-0.25, -0.2) is 4.39 Å². The lowest BCUT2D eigenvalue weighted by Crippen LogP contribution is -2.39. The van der Waals surface area contributed by atoms with Crippen LogP contribution in [0.2, 0.25) is 0 Å². The minimum Gasteiger partial charge on any atom is -0.326 e. The number of hydrogen-bond acceptors (Lipinski definition) is 2. The van der Waals surface area contributed by atoms with Crippen LogP contribution in [-0.2, 0) is 0 Å². The van der Waals surface area contributed by atoms with Gasteiger partial charge in [-0.3, -0.25) is 4.90 Å². The second kappa shape index (κ2) is 6.34. The van der Waals surface area contributed by atoms with Crippen molar-refractivity contribution in [2.24, 2.45) is 5.73 Å². The second-order valence-corrected chi connectivity index (χ2v) is 4.67. The Hall–Kier alpha value is -1.14. The summed E-state index contributed by atoms with van der Waals surface area (Å²) in [6.07, 6.45) is -5.17. The Morgan fingerprint density at radius 2 is 1.84 bits per heavy atom. The second-order valence-electron chi connectivity index (χ2n) is 4.67. The van der Waals surface area contributed by atoms with E-state index in [9.17, 15) is 17.6 Å². The summed E-state index contributed by atoms with van der Waals surface area (Å²) in [5.74, 6) is -0.455. The van der Waals surface area contributed by atoms with Crippen LogP contribution in [-0.4, -0.2) is 30.7 Å². The molecule has 0 saturated carbocycles. The van der Waals surface area contributed by atoms with Crippen molar-refractivity contribution in [1.82, 2.24) is 4.90 Å². The first-order valence-corrected chi connectivity index (χ1v) is 5.99. The number of hydrogen-bond donors (Lipinski definition) is 1. The lowest BCUT2D eigenvalue weighted by atomic mass is 9.99. The number of rotatable bonds is 5. The molecular formula is C13H18F4N2. The largest absolute Gasteiger partial charge is 0.390 e. The molecule has 2 nitrogen and oxygen atoms in total. The molecule has 2 N–H and O–H groups in total. The number of benzene rings is 1. The third-order valence-electron chi connectivity index (χ3n) is 2.94. The third-order valence-corrected chi connectivity index (χ3v) is 2.94. The molecule has 0 saturated heterocycles. The highest BCUT2D eigenvalue weighted by Crippen LogP contribution is 2.27. The molecule has 0 spiro atoms. The fourth-order valence-electron chi connectivity index (χ4n) is 2.08. The molecule has 0 fully saturated rings. The maximum Gasteiger partial charge on any atom is 0.390 e. The molecule has 0 amide bonds. The van der Waals surface area contributed by atoms with E-state index < -0.39 is 30.5 Å². The fraction of sp³-hybridized carbons (Fsp3) is 0.538. The summed E-state index contributed by atoms with van der Waals surface area (Å²) in [7, 11) is 1.52. The highest BCUT2D eigenvalue weighted by molar-refractivity contribution is 5.22. The van der Waals surface area contributed by atoms with E-state index >= 15 is 0 Å². The van der Waals surface area contributed by atoms with Crippen molar-refractivity contribution in [3.8, 4) is 0 Å². The summed E-state index contributed by atoms with van der Waals surface area (Å²) in [4.78, 5) is 1.44. The first-order chi connectivity index (χ1) is 8.72. The van der Waals surface area contributed by atoms with Crippen LogP contribution in [0.15, 0.2) is 24.3 Å². The summed E-state index contributed by atoms with van der Waals surface area (Å²) in [5, 5.41) is 0. The summed E-state index contributed by atoms with van der Waals surface area (Å²) in [6.45, 7) is 1.44. The van der Waals surface area contributed by atoms with Gasteiger partial charge in [0.05, 0.1) is 12.5 Å². The number of nitrogens with two attached hydrogens (primary N) is 1. The van der Waals surface area contributed by atoms with Crippen LogP contribution in [0.1, 0.15) is 24.9 Å². The van der Waals surface area contributed by atoms with Crippen LogP contribution < -0.4 is 5.73 Å². The van der Waals surface area contributed by atoms with Crippen LogP contribution >= 0.6 is 0 Å². The van der Waals surface area contributed by atoms with Gasteiger partial charge in [0.1, 0.15) is 5.82 Å². The summed E-state index contributed by atoms with van der Waals surface area (Å²) < 4.78 is 50.4. The summed E-state index contributed by atoms with van der Waals surface area (Å²) in [6, 6.07) is 4.95. The summed E-state index contributed by atoms with van der Waals surface area (Å²) in [5.41, 5.74) is 6.11. The third kappa shape index (κ3) is 4.80. The van der Waals surface area contributed by atoms with Crippen molar-refractivity contribution in [2.75, 3.05) is 13.6 Å². The van der Waals surface area contributed by atoms with Gasteiger partial charge >= 0.3 is 6.18 Å². The van der Waals surface area contributed by atoms with E-state index in [0.717, 1.165) is 0 Å². The van der Waals surface area contributed by atoms with Gasteiger partial charge in [-0.05, 0) is 20.0 Å². The Labute approximate surface area is 110 Å². The predicted molar refractivity (Wildman–Crippen MR) is 66.1 cm³/mol. The highest BCUT2D eigenvalue weighted by atomic mass is 19.4. The quantitative estimate of drug-likeness (QED) is 0.839. The molecule has 0 heterocycles. The minimum absolute atomic E-state index is 0.218. The van der Waals surface area contributed by atoms with Crippen molar-refractivity contribution in [3.05, 3.63) is 35.6 Å². The fourth-order valence-corrected chi connectivity index (χ4v) is 2.08. The Balaban J connectivity index is 2.87. The van der Waals surface area contributed by atoms with Crippen molar-refractivity contribution in [1.29, 1.82) is 0 Å². The maximum absolute atomic E-state index is 13.7. The minimum atomic E-state index is -4.23. The van der Waals surface area contributed by atoms with Crippen LogP contribution in [0.4, 0.5) is 17.6 Å². The zero-order chi connectivity index (χ0) is 14.6. The van der Waals surface area contributed by atoms with Gasteiger partial charge in [0.15, 0.2) is 0 Å². The van der Waals surface area contributed by atoms with Gasteiger partial charge in [0.2, 0.25) is 0 Å². The molecule has 6 heteroatoms. The van der Waals surface area contributed by atoms with Crippen LogP contribution in [0, 0.1) is 5.82 Å². The van der Waals surface area contributed by atoms with Gasteiger partial charge in [0, 0.05) is 18.2 Å². The van der Waals surface area contributed by atoms with E-state index in [1.807, 2.05) is 0 Å². The van der Waals surface area contributed by atoms with Crippen molar-refractivity contribution >= 4 is 0 Å². The molecule has 0 aliphatic carbocycles. The van der Waals surface area contributed by atoms with Crippen LogP contribution in [0.25, 0.3) is 0 Å². The zero-order valence-electron chi connectivity index (χ0n) is 10.9. The molecule has 0 aromatic heterocycles. The molecule has 0 aliphatic heterocycles. The number of nitrogens with zero attached hydrogens (tertiary/aromatic N) is 1. The standard InChI is InChI=1S/C13H18F4N2/c1-9(18)12(10-5-3-4-6-11(10)14)19(2)8-7-13(15,16)17/h3-6,9,12H,7-8,18H2,1-2H3. The lowest BCUT2D eigenvalue weighted by Gasteiger charge is -2.32. The number of likely N-dealkylation sites (N-methyl/N-ethyl adjacent to an activating group) is 1. The van der Waals surface area contributed by atoms with E-state index in [1.165, 1.54) is 24.1 Å². The topological polar surface area (TPSA) is 29.3 Å². The molecule has 1 rings (SSSR count). The highest BCUT2D eigenvalue weighted by Gasteiger charge is 2.30. The first kappa shape index (κ1) is 15.9. The van der Waals surface area contributed by atoms with Crippen molar-refractivity contribution in [2.45, 2.75) is 31.6 Å². The van der Waals surface area contributed by atoms with E-state index in [0.29, 0.717) is 5.56 Å². The average molecular weight is 278 g/mol. The molecule has 0 bridgehead atoms. The Kier molecular flexibility index (Phi) is 5.31. The van der Waals surface area contributed by atoms with Crippen molar-refractivity contribution < 1.29 is 17.6 Å². The van der Waals surface area contributed by atoms with E-state index in [4.69, 9.17) is 5.73 Å². The number of halogens is 4. The van der Waals surface area contributed by atoms with Crippen LogP contribution in [0.5, 0.6) is 0 Å². The van der Waals surface area contributed by atoms with E-state index in [1.54, 1.807) is 19.1 Å². The monoisotopic (exact) mass is 278 g/mol. The molecule has 2 atom stereocenters. The maximum atomic E-state index is 13.7.